The van der Waals surface area contributed by atoms with Crippen molar-refractivity contribution < 1.29 is 5.11 Å². The van der Waals surface area contributed by atoms with Crippen molar-refractivity contribution in [2.24, 2.45) is 0 Å². The summed E-state index contributed by atoms with van der Waals surface area (Å²) in [6.45, 7) is 2.16. The molecule has 2 N–H and O–H groups in total. The normalized spacial score (nSPS) is 25.9. The molecule has 0 heterocycles. The molecule has 2 rings (SSSR count). The Balaban J connectivity index is 2.04. The third-order valence-corrected chi connectivity index (χ3v) is 5.05. The summed E-state index contributed by atoms with van der Waals surface area (Å²) in [5.74, 6) is 0. The van der Waals surface area contributed by atoms with Crippen molar-refractivity contribution in [3.8, 4) is 0 Å². The van der Waals surface area contributed by atoms with Gasteiger partial charge in [-0.3, -0.25) is 0 Å². The lowest BCUT2D eigenvalue weighted by Gasteiger charge is -2.26. The number of halogens is 2. The summed E-state index contributed by atoms with van der Waals surface area (Å²) in [6.07, 6.45) is 5.38. The molecule has 1 aromatic carbocycles. The fourth-order valence-corrected chi connectivity index (χ4v) is 4.14. The summed E-state index contributed by atoms with van der Waals surface area (Å²) in [5.41, 5.74) is 1.24. The van der Waals surface area contributed by atoms with E-state index in [0.29, 0.717) is 0 Å². The van der Waals surface area contributed by atoms with Crippen LogP contribution in [0.5, 0.6) is 0 Å². The highest BCUT2D eigenvalue weighted by atomic mass is 79.9. The van der Waals surface area contributed by atoms with Gasteiger partial charge in [0.2, 0.25) is 0 Å². The van der Waals surface area contributed by atoms with Gasteiger partial charge in [0, 0.05) is 21.0 Å². The first-order chi connectivity index (χ1) is 9.08. The molecule has 0 amide bonds. The Kier molecular flexibility index (Phi) is 5.87. The largest absolute Gasteiger partial charge is 0.392 e. The second-order valence-corrected chi connectivity index (χ2v) is 7.14. The van der Waals surface area contributed by atoms with E-state index in [2.05, 4.69) is 62.3 Å². The van der Waals surface area contributed by atoms with Gasteiger partial charge in [-0.05, 0) is 37.5 Å². The van der Waals surface area contributed by atoms with Gasteiger partial charge < -0.3 is 10.4 Å². The lowest BCUT2D eigenvalue weighted by molar-refractivity contribution is 0.115. The number of hydrogen-bond acceptors (Lipinski definition) is 2. The second-order valence-electron chi connectivity index (χ2n) is 5.37. The SMILES string of the molecule is CC(NC1CCCCCC1O)c1ccc(Br)cc1Br. The van der Waals surface area contributed by atoms with Gasteiger partial charge in [-0.15, -0.1) is 0 Å². The van der Waals surface area contributed by atoms with Crippen LogP contribution in [0.4, 0.5) is 0 Å². The molecule has 0 spiro atoms. The van der Waals surface area contributed by atoms with E-state index in [4.69, 9.17) is 0 Å². The highest BCUT2D eigenvalue weighted by molar-refractivity contribution is 9.11. The van der Waals surface area contributed by atoms with Gasteiger partial charge in [-0.2, -0.15) is 0 Å². The molecular weight excluding hydrogens is 370 g/mol. The van der Waals surface area contributed by atoms with Crippen LogP contribution >= 0.6 is 31.9 Å². The van der Waals surface area contributed by atoms with Gasteiger partial charge in [0.1, 0.15) is 0 Å². The van der Waals surface area contributed by atoms with Crippen molar-refractivity contribution in [2.45, 2.75) is 57.2 Å². The predicted octanol–water partition coefficient (Wildman–Crippen LogP) is 4.56. The predicted molar refractivity (Wildman–Crippen MR) is 86.3 cm³/mol. The molecule has 2 nitrogen and oxygen atoms in total. The molecule has 3 atom stereocenters. The fraction of sp³-hybridized carbons (Fsp3) is 0.600. The van der Waals surface area contributed by atoms with Gasteiger partial charge in [0.05, 0.1) is 6.10 Å². The van der Waals surface area contributed by atoms with Crippen LogP contribution in [0.25, 0.3) is 0 Å². The number of rotatable bonds is 3. The Labute approximate surface area is 132 Å². The van der Waals surface area contributed by atoms with Crippen LogP contribution in [0.1, 0.15) is 50.6 Å². The zero-order chi connectivity index (χ0) is 13.8. The van der Waals surface area contributed by atoms with Crippen molar-refractivity contribution in [3.05, 3.63) is 32.7 Å². The molecule has 106 valence electrons. The van der Waals surface area contributed by atoms with Crippen LogP contribution in [-0.4, -0.2) is 17.3 Å². The summed E-state index contributed by atoms with van der Waals surface area (Å²) in [7, 11) is 0. The number of aliphatic hydroxyl groups is 1. The number of hydrogen-bond donors (Lipinski definition) is 2. The third-order valence-electron chi connectivity index (χ3n) is 3.87. The van der Waals surface area contributed by atoms with Crippen LogP contribution in [0, 0.1) is 0 Å². The van der Waals surface area contributed by atoms with Gasteiger partial charge in [0.15, 0.2) is 0 Å². The summed E-state index contributed by atoms with van der Waals surface area (Å²) in [6, 6.07) is 6.70. The van der Waals surface area contributed by atoms with Crippen molar-refractivity contribution in [1.82, 2.24) is 5.32 Å². The molecule has 1 aromatic rings. The molecule has 1 fully saturated rings. The molecule has 0 aliphatic heterocycles. The molecule has 0 radical (unpaired) electrons. The van der Waals surface area contributed by atoms with E-state index in [1.54, 1.807) is 0 Å². The highest BCUT2D eigenvalue weighted by Crippen LogP contribution is 2.28. The average Bonchev–Trinajstić information content (AvgIpc) is 2.55. The van der Waals surface area contributed by atoms with Crippen molar-refractivity contribution in [1.29, 1.82) is 0 Å². The Morgan fingerprint density at radius 2 is 1.95 bits per heavy atom. The van der Waals surface area contributed by atoms with E-state index in [1.165, 1.54) is 18.4 Å². The maximum absolute atomic E-state index is 10.2. The zero-order valence-corrected chi connectivity index (χ0v) is 14.4. The maximum Gasteiger partial charge on any atom is 0.0693 e. The lowest BCUT2D eigenvalue weighted by atomic mass is 10.0. The van der Waals surface area contributed by atoms with E-state index in [-0.39, 0.29) is 18.2 Å². The van der Waals surface area contributed by atoms with E-state index >= 15 is 0 Å². The number of benzene rings is 1. The molecule has 1 aliphatic rings. The summed E-state index contributed by atoms with van der Waals surface area (Å²) in [4.78, 5) is 0. The number of nitrogens with one attached hydrogen (secondary N) is 1. The van der Waals surface area contributed by atoms with E-state index in [0.717, 1.165) is 28.2 Å². The van der Waals surface area contributed by atoms with Crippen LogP contribution in [0.15, 0.2) is 27.1 Å². The van der Waals surface area contributed by atoms with Gasteiger partial charge in [-0.1, -0.05) is 57.2 Å². The van der Waals surface area contributed by atoms with E-state index < -0.39 is 0 Å². The minimum atomic E-state index is -0.209. The summed E-state index contributed by atoms with van der Waals surface area (Å²) in [5, 5.41) is 13.8. The third kappa shape index (κ3) is 4.28. The van der Waals surface area contributed by atoms with Crippen molar-refractivity contribution >= 4 is 31.9 Å². The Morgan fingerprint density at radius 1 is 1.21 bits per heavy atom. The average molecular weight is 391 g/mol. The monoisotopic (exact) mass is 389 g/mol. The van der Waals surface area contributed by atoms with Crippen molar-refractivity contribution in [3.63, 3.8) is 0 Å². The molecule has 0 aromatic heterocycles. The maximum atomic E-state index is 10.2. The summed E-state index contributed by atoms with van der Waals surface area (Å²) < 4.78 is 2.18. The standard InChI is InChI=1S/C15H21Br2NO/c1-10(12-8-7-11(16)9-13(12)17)18-14-5-3-2-4-6-15(14)19/h7-10,14-15,18-19H,2-6H2,1H3. The molecule has 3 unspecified atom stereocenters. The molecule has 0 saturated heterocycles. The Bertz CT molecular complexity index is 425. The first-order valence-corrected chi connectivity index (χ1v) is 8.55. The molecule has 1 saturated carbocycles. The topological polar surface area (TPSA) is 32.3 Å². The van der Waals surface area contributed by atoms with Gasteiger partial charge >= 0.3 is 0 Å². The smallest absolute Gasteiger partial charge is 0.0693 e. The molecule has 0 bridgehead atoms. The minimum absolute atomic E-state index is 0.209. The van der Waals surface area contributed by atoms with E-state index in [1.807, 2.05) is 0 Å². The first kappa shape index (κ1) is 15.5. The Hall–Kier alpha value is 0.1000. The quantitative estimate of drug-likeness (QED) is 0.741. The van der Waals surface area contributed by atoms with E-state index in [9.17, 15) is 5.11 Å². The molecular formula is C15H21Br2NO. The molecule has 4 heteroatoms. The van der Waals surface area contributed by atoms with Crippen LogP contribution in [-0.2, 0) is 0 Å². The zero-order valence-electron chi connectivity index (χ0n) is 11.2. The van der Waals surface area contributed by atoms with Crippen LogP contribution in [0.3, 0.4) is 0 Å². The lowest BCUT2D eigenvalue weighted by Crippen LogP contribution is -2.40. The van der Waals surface area contributed by atoms with Gasteiger partial charge in [-0.25, -0.2) is 0 Å². The van der Waals surface area contributed by atoms with Crippen LogP contribution in [0.2, 0.25) is 0 Å². The van der Waals surface area contributed by atoms with Gasteiger partial charge in [0.25, 0.3) is 0 Å². The number of aliphatic hydroxyl groups excluding tert-OH is 1. The Morgan fingerprint density at radius 3 is 2.68 bits per heavy atom. The van der Waals surface area contributed by atoms with Crippen molar-refractivity contribution in [2.75, 3.05) is 0 Å². The highest BCUT2D eigenvalue weighted by Gasteiger charge is 2.23. The molecule has 19 heavy (non-hydrogen) atoms. The second kappa shape index (κ2) is 7.21. The minimum Gasteiger partial charge on any atom is -0.392 e. The summed E-state index contributed by atoms with van der Waals surface area (Å²) >= 11 is 7.08. The fourth-order valence-electron chi connectivity index (χ4n) is 2.75. The first-order valence-electron chi connectivity index (χ1n) is 6.97. The molecule has 1 aliphatic carbocycles. The van der Waals surface area contributed by atoms with Crippen LogP contribution < -0.4 is 5.32 Å².